The second-order valence-electron chi connectivity index (χ2n) is 6.28. The lowest BCUT2D eigenvalue weighted by molar-refractivity contribution is 0.304. The Labute approximate surface area is 145 Å². The fraction of sp³-hybridized carbons (Fsp3) is 0.381. The van der Waals surface area contributed by atoms with Gasteiger partial charge in [0.25, 0.3) is 0 Å². The molecule has 0 saturated carbocycles. The summed E-state index contributed by atoms with van der Waals surface area (Å²) in [6.07, 6.45) is 5.04. The molecule has 2 rings (SSSR count). The Kier molecular flexibility index (Phi) is 6.86. The minimum atomic E-state index is 0.186. The van der Waals surface area contributed by atoms with Gasteiger partial charge in [0.05, 0.1) is 12.3 Å². The maximum Gasteiger partial charge on any atom is 0.128 e. The molecule has 0 radical (unpaired) electrons. The zero-order valence-electron chi connectivity index (χ0n) is 14.8. The Morgan fingerprint density at radius 2 is 1.83 bits per heavy atom. The molecule has 1 N–H and O–H groups in total. The van der Waals surface area contributed by atoms with Gasteiger partial charge >= 0.3 is 0 Å². The van der Waals surface area contributed by atoms with Gasteiger partial charge in [0.1, 0.15) is 11.5 Å². The van der Waals surface area contributed by atoms with Crippen molar-refractivity contribution in [1.29, 1.82) is 0 Å². The average Bonchev–Trinajstić information content (AvgIpc) is 2.58. The summed E-state index contributed by atoms with van der Waals surface area (Å²) in [5, 5.41) is 10.1. The van der Waals surface area contributed by atoms with E-state index in [9.17, 15) is 5.11 Å². The highest BCUT2D eigenvalue weighted by molar-refractivity contribution is 5.85. The lowest BCUT2D eigenvalue weighted by atomic mass is 10.0. The van der Waals surface area contributed by atoms with Crippen LogP contribution in [0.4, 0.5) is 5.69 Å². The molecular formula is C21H27NO2. The highest BCUT2D eigenvalue weighted by Gasteiger charge is 2.02. The Morgan fingerprint density at radius 3 is 2.46 bits per heavy atom. The van der Waals surface area contributed by atoms with Crippen molar-refractivity contribution in [2.24, 2.45) is 4.99 Å². The van der Waals surface area contributed by atoms with Gasteiger partial charge in [0, 0.05) is 17.8 Å². The number of nitrogens with zero attached hydrogens (tertiary/aromatic N) is 1. The van der Waals surface area contributed by atoms with Crippen LogP contribution in [0.5, 0.6) is 11.5 Å². The van der Waals surface area contributed by atoms with Crippen LogP contribution in [0.15, 0.2) is 47.5 Å². The van der Waals surface area contributed by atoms with E-state index >= 15 is 0 Å². The Hall–Kier alpha value is -2.29. The zero-order chi connectivity index (χ0) is 17.4. The lowest BCUT2D eigenvalue weighted by Crippen LogP contribution is -1.97. The second kappa shape index (κ2) is 9.11. The molecule has 0 aliphatic rings. The van der Waals surface area contributed by atoms with E-state index in [1.807, 2.05) is 24.3 Å². The maximum absolute atomic E-state index is 10.1. The lowest BCUT2D eigenvalue weighted by Gasteiger charge is -2.07. The number of hydrogen-bond acceptors (Lipinski definition) is 3. The molecule has 2 aromatic carbocycles. The van der Waals surface area contributed by atoms with Gasteiger partial charge in [0.15, 0.2) is 0 Å². The molecule has 0 spiro atoms. The molecule has 0 aromatic heterocycles. The topological polar surface area (TPSA) is 41.8 Å². The van der Waals surface area contributed by atoms with Gasteiger partial charge in [-0.15, -0.1) is 0 Å². The van der Waals surface area contributed by atoms with E-state index in [-0.39, 0.29) is 5.75 Å². The average molecular weight is 325 g/mol. The van der Waals surface area contributed by atoms with Crippen LogP contribution < -0.4 is 4.74 Å². The van der Waals surface area contributed by atoms with Crippen LogP contribution in [0, 0.1) is 0 Å². The van der Waals surface area contributed by atoms with Crippen LogP contribution in [0.25, 0.3) is 0 Å². The van der Waals surface area contributed by atoms with Crippen LogP contribution in [0.1, 0.15) is 57.1 Å². The SMILES string of the molecule is CCCCCOc1ccc(C=Nc2ccc(C(C)C)cc2)c(O)c1. The molecule has 0 aliphatic carbocycles. The van der Waals surface area contributed by atoms with E-state index < -0.39 is 0 Å². The predicted octanol–water partition coefficient (Wildman–Crippen LogP) is 5.84. The highest BCUT2D eigenvalue weighted by Crippen LogP contribution is 2.24. The molecule has 0 saturated heterocycles. The molecule has 0 unspecified atom stereocenters. The highest BCUT2D eigenvalue weighted by atomic mass is 16.5. The third-order valence-electron chi connectivity index (χ3n) is 3.93. The summed E-state index contributed by atoms with van der Waals surface area (Å²) in [6, 6.07) is 13.5. The van der Waals surface area contributed by atoms with E-state index in [0.29, 0.717) is 23.8 Å². The second-order valence-corrected chi connectivity index (χ2v) is 6.28. The fourth-order valence-corrected chi connectivity index (χ4v) is 2.35. The number of ether oxygens (including phenoxy) is 1. The van der Waals surface area contributed by atoms with Crippen molar-refractivity contribution in [3.63, 3.8) is 0 Å². The molecule has 0 atom stereocenters. The maximum atomic E-state index is 10.1. The van der Waals surface area contributed by atoms with Crippen molar-refractivity contribution in [3.8, 4) is 11.5 Å². The third-order valence-corrected chi connectivity index (χ3v) is 3.93. The quantitative estimate of drug-likeness (QED) is 0.489. The predicted molar refractivity (Wildman–Crippen MR) is 101 cm³/mol. The summed E-state index contributed by atoms with van der Waals surface area (Å²) in [6.45, 7) is 7.18. The normalized spacial score (nSPS) is 11.3. The van der Waals surface area contributed by atoms with Crippen LogP contribution in [-0.2, 0) is 0 Å². The first-order valence-corrected chi connectivity index (χ1v) is 8.70. The Morgan fingerprint density at radius 1 is 1.08 bits per heavy atom. The van der Waals surface area contributed by atoms with Crippen molar-refractivity contribution >= 4 is 11.9 Å². The number of benzene rings is 2. The molecule has 24 heavy (non-hydrogen) atoms. The molecule has 2 aromatic rings. The van der Waals surface area contributed by atoms with Gasteiger partial charge in [-0.05, 0) is 42.2 Å². The molecule has 0 bridgehead atoms. The number of hydrogen-bond donors (Lipinski definition) is 1. The van der Waals surface area contributed by atoms with E-state index in [2.05, 4.69) is 37.9 Å². The zero-order valence-corrected chi connectivity index (χ0v) is 14.8. The van der Waals surface area contributed by atoms with E-state index in [4.69, 9.17) is 4.74 Å². The largest absolute Gasteiger partial charge is 0.507 e. The molecule has 0 fully saturated rings. The van der Waals surface area contributed by atoms with Crippen LogP contribution >= 0.6 is 0 Å². The summed E-state index contributed by atoms with van der Waals surface area (Å²) in [7, 11) is 0. The van der Waals surface area contributed by atoms with E-state index in [1.165, 1.54) is 12.0 Å². The number of aromatic hydroxyl groups is 1. The first-order valence-electron chi connectivity index (χ1n) is 8.70. The number of rotatable bonds is 8. The minimum absolute atomic E-state index is 0.186. The molecule has 3 heteroatoms. The molecule has 0 amide bonds. The third kappa shape index (κ3) is 5.41. The summed E-state index contributed by atoms with van der Waals surface area (Å²) in [4.78, 5) is 4.43. The van der Waals surface area contributed by atoms with Crippen LogP contribution in [0.2, 0.25) is 0 Å². The van der Waals surface area contributed by atoms with Crippen molar-refractivity contribution in [3.05, 3.63) is 53.6 Å². The first kappa shape index (κ1) is 18.1. The van der Waals surface area contributed by atoms with Gasteiger partial charge in [-0.1, -0.05) is 45.7 Å². The first-order chi connectivity index (χ1) is 11.6. The molecule has 0 heterocycles. The summed E-state index contributed by atoms with van der Waals surface area (Å²) < 4.78 is 5.64. The van der Waals surface area contributed by atoms with Gasteiger partial charge in [-0.2, -0.15) is 0 Å². The fourth-order valence-electron chi connectivity index (χ4n) is 2.35. The molecular weight excluding hydrogens is 298 g/mol. The summed E-state index contributed by atoms with van der Waals surface area (Å²) in [5.41, 5.74) is 2.85. The number of phenols is 1. The number of unbranched alkanes of at least 4 members (excludes halogenated alkanes) is 2. The van der Waals surface area contributed by atoms with E-state index in [1.54, 1.807) is 12.3 Å². The van der Waals surface area contributed by atoms with Gasteiger partial charge in [0.2, 0.25) is 0 Å². The number of phenolic OH excluding ortho intramolecular Hbond substituents is 1. The summed E-state index contributed by atoms with van der Waals surface area (Å²) >= 11 is 0. The van der Waals surface area contributed by atoms with Gasteiger partial charge < -0.3 is 9.84 Å². The standard InChI is InChI=1S/C21H27NO2/c1-4-5-6-13-24-20-12-9-18(21(23)14-20)15-22-19-10-7-17(8-11-19)16(2)3/h7-12,14-16,23H,4-6,13H2,1-3H3. The van der Waals surface area contributed by atoms with Gasteiger partial charge in [-0.3, -0.25) is 4.99 Å². The molecule has 3 nitrogen and oxygen atoms in total. The van der Waals surface area contributed by atoms with Gasteiger partial charge in [-0.25, -0.2) is 0 Å². The molecule has 0 aliphatic heterocycles. The van der Waals surface area contributed by atoms with Crippen molar-refractivity contribution < 1.29 is 9.84 Å². The van der Waals surface area contributed by atoms with E-state index in [0.717, 1.165) is 18.5 Å². The molecule has 128 valence electrons. The van der Waals surface area contributed by atoms with Crippen LogP contribution in [0.3, 0.4) is 0 Å². The monoisotopic (exact) mass is 325 g/mol. The Balaban J connectivity index is 1.99. The Bertz CT molecular complexity index is 660. The summed E-state index contributed by atoms with van der Waals surface area (Å²) in [5.74, 6) is 1.39. The van der Waals surface area contributed by atoms with Crippen molar-refractivity contribution in [1.82, 2.24) is 0 Å². The minimum Gasteiger partial charge on any atom is -0.507 e. The van der Waals surface area contributed by atoms with Crippen LogP contribution in [-0.4, -0.2) is 17.9 Å². The van der Waals surface area contributed by atoms with Crippen molar-refractivity contribution in [2.45, 2.75) is 46.0 Å². The van der Waals surface area contributed by atoms with Crippen molar-refractivity contribution in [2.75, 3.05) is 6.61 Å². The smallest absolute Gasteiger partial charge is 0.128 e. The number of aliphatic imine (C=N–C) groups is 1.